The molecule has 1 saturated carbocycles. The highest BCUT2D eigenvalue weighted by Crippen LogP contribution is 2.25. The average Bonchev–Trinajstić information content (AvgIpc) is 2.93. The van der Waals surface area contributed by atoms with Gasteiger partial charge in [0.05, 0.1) is 0 Å². The van der Waals surface area contributed by atoms with Gasteiger partial charge >= 0.3 is 0 Å². The summed E-state index contributed by atoms with van der Waals surface area (Å²) in [5, 5.41) is 4.20. The van der Waals surface area contributed by atoms with Crippen LogP contribution >= 0.6 is 23.2 Å². The third-order valence-corrected chi connectivity index (χ3v) is 8.01. The molecule has 1 fully saturated rings. The summed E-state index contributed by atoms with van der Waals surface area (Å²) in [4.78, 5) is 29.3. The lowest BCUT2D eigenvalue weighted by Gasteiger charge is -2.33. The zero-order chi connectivity index (χ0) is 27.8. The van der Waals surface area contributed by atoms with E-state index in [-0.39, 0.29) is 31.0 Å². The Labute approximate surface area is 241 Å². The number of ether oxygens (including phenoxy) is 1. The summed E-state index contributed by atoms with van der Waals surface area (Å²) in [5.41, 5.74) is 3.91. The minimum Gasteiger partial charge on any atom is -0.484 e. The largest absolute Gasteiger partial charge is 0.484 e. The van der Waals surface area contributed by atoms with Crippen LogP contribution in [0.5, 0.6) is 5.75 Å². The van der Waals surface area contributed by atoms with Crippen LogP contribution in [0.2, 0.25) is 10.0 Å². The molecule has 0 aliphatic heterocycles. The van der Waals surface area contributed by atoms with Crippen LogP contribution in [0, 0.1) is 13.8 Å². The summed E-state index contributed by atoms with van der Waals surface area (Å²) >= 11 is 12.7. The first-order valence-corrected chi connectivity index (χ1v) is 14.3. The minimum absolute atomic E-state index is 0.118. The lowest BCUT2D eigenvalue weighted by atomic mass is 9.94. The third kappa shape index (κ3) is 8.23. The molecule has 0 bridgehead atoms. The zero-order valence-electron chi connectivity index (χ0n) is 22.6. The van der Waals surface area contributed by atoms with E-state index < -0.39 is 6.04 Å². The fourth-order valence-corrected chi connectivity index (χ4v) is 5.43. The van der Waals surface area contributed by atoms with Crippen molar-refractivity contribution < 1.29 is 14.3 Å². The molecule has 4 rings (SSSR count). The van der Waals surface area contributed by atoms with Crippen LogP contribution in [0.3, 0.4) is 0 Å². The molecule has 3 aromatic rings. The second-order valence-corrected chi connectivity index (χ2v) is 11.2. The number of amides is 2. The number of halogens is 2. The van der Waals surface area contributed by atoms with Crippen LogP contribution in [0.4, 0.5) is 0 Å². The molecule has 0 aromatic heterocycles. The molecular formula is C32H36Cl2N2O3. The highest BCUT2D eigenvalue weighted by atomic mass is 35.5. The summed E-state index contributed by atoms with van der Waals surface area (Å²) < 4.78 is 5.92. The van der Waals surface area contributed by atoms with Gasteiger partial charge in [0.15, 0.2) is 6.61 Å². The van der Waals surface area contributed by atoms with Crippen molar-refractivity contribution in [3.05, 3.63) is 99.0 Å². The van der Waals surface area contributed by atoms with Crippen LogP contribution in [-0.4, -0.2) is 35.4 Å². The van der Waals surface area contributed by atoms with Crippen molar-refractivity contribution in [3.63, 3.8) is 0 Å². The molecule has 0 spiro atoms. The standard InChI is InChI=1S/C32H36Cl2N2O3/c1-22-13-16-28(17-23(22)2)39-21-31(37)36(20-25-14-15-26(33)19-29(25)34)30(18-24-9-5-3-6-10-24)32(38)35-27-11-7-4-8-12-27/h3,5-6,9-10,13-17,19,27,30H,4,7-8,11-12,18,20-21H2,1-2H3,(H,35,38)/t30-/m1/s1. The molecular weight excluding hydrogens is 531 g/mol. The van der Waals surface area contributed by atoms with Gasteiger partial charge in [-0.2, -0.15) is 0 Å². The number of aryl methyl sites for hydroxylation is 2. The number of nitrogens with zero attached hydrogens (tertiary/aromatic N) is 1. The molecule has 206 valence electrons. The summed E-state index contributed by atoms with van der Waals surface area (Å²) in [6.45, 7) is 3.99. The van der Waals surface area contributed by atoms with Crippen molar-refractivity contribution in [2.45, 2.75) is 71.0 Å². The molecule has 2 amide bonds. The molecule has 7 heteroatoms. The predicted octanol–water partition coefficient (Wildman–Crippen LogP) is 7.08. The molecule has 1 aliphatic carbocycles. The molecule has 0 heterocycles. The number of carbonyl (C=O) groups is 2. The van der Waals surface area contributed by atoms with E-state index in [0.717, 1.165) is 42.4 Å². The van der Waals surface area contributed by atoms with Crippen LogP contribution in [-0.2, 0) is 22.6 Å². The maximum Gasteiger partial charge on any atom is 0.261 e. The normalized spacial score (nSPS) is 14.5. The number of hydrogen-bond donors (Lipinski definition) is 1. The molecule has 1 N–H and O–H groups in total. The molecule has 1 aliphatic rings. The number of nitrogens with one attached hydrogen (secondary N) is 1. The maximum atomic E-state index is 13.8. The van der Waals surface area contributed by atoms with Gasteiger partial charge < -0.3 is 15.0 Å². The van der Waals surface area contributed by atoms with Crippen LogP contribution in [0.15, 0.2) is 66.7 Å². The Bertz CT molecular complexity index is 1280. The van der Waals surface area contributed by atoms with Crippen molar-refractivity contribution in [3.8, 4) is 5.75 Å². The highest BCUT2D eigenvalue weighted by molar-refractivity contribution is 6.35. The highest BCUT2D eigenvalue weighted by Gasteiger charge is 2.32. The maximum absolute atomic E-state index is 13.8. The van der Waals surface area contributed by atoms with Gasteiger partial charge in [0, 0.05) is 29.1 Å². The fourth-order valence-electron chi connectivity index (χ4n) is 4.96. The van der Waals surface area contributed by atoms with E-state index in [0.29, 0.717) is 27.8 Å². The van der Waals surface area contributed by atoms with Gasteiger partial charge in [-0.15, -0.1) is 0 Å². The van der Waals surface area contributed by atoms with Crippen molar-refractivity contribution in [2.24, 2.45) is 0 Å². The molecule has 0 saturated heterocycles. The summed E-state index contributed by atoms with van der Waals surface area (Å²) in [6.07, 6.45) is 5.67. The molecule has 39 heavy (non-hydrogen) atoms. The summed E-state index contributed by atoms with van der Waals surface area (Å²) in [5.74, 6) is 0.163. The van der Waals surface area contributed by atoms with E-state index in [4.69, 9.17) is 27.9 Å². The van der Waals surface area contributed by atoms with E-state index in [1.165, 1.54) is 6.42 Å². The van der Waals surface area contributed by atoms with Gasteiger partial charge in [0.25, 0.3) is 5.91 Å². The zero-order valence-corrected chi connectivity index (χ0v) is 24.1. The van der Waals surface area contributed by atoms with Crippen molar-refractivity contribution >= 4 is 35.0 Å². The number of rotatable bonds is 10. The van der Waals surface area contributed by atoms with E-state index in [9.17, 15) is 9.59 Å². The summed E-state index contributed by atoms with van der Waals surface area (Å²) in [7, 11) is 0. The first-order chi connectivity index (χ1) is 18.8. The lowest BCUT2D eigenvalue weighted by molar-refractivity contribution is -0.143. The van der Waals surface area contributed by atoms with E-state index in [1.807, 2.05) is 62.4 Å². The van der Waals surface area contributed by atoms with Gasteiger partial charge in [0.1, 0.15) is 11.8 Å². The quantitative estimate of drug-likeness (QED) is 0.285. The number of hydrogen-bond acceptors (Lipinski definition) is 3. The van der Waals surface area contributed by atoms with Crippen LogP contribution < -0.4 is 10.1 Å². The Balaban J connectivity index is 1.63. The van der Waals surface area contributed by atoms with Gasteiger partial charge in [-0.1, -0.05) is 84.9 Å². The number of carbonyl (C=O) groups excluding carboxylic acids is 2. The predicted molar refractivity (Wildman–Crippen MR) is 157 cm³/mol. The molecule has 0 unspecified atom stereocenters. The molecule has 3 aromatic carbocycles. The summed E-state index contributed by atoms with van der Waals surface area (Å²) in [6, 6.07) is 20.1. The fraction of sp³-hybridized carbons (Fsp3) is 0.375. The Morgan fingerprint density at radius 1 is 0.949 bits per heavy atom. The Hall–Kier alpha value is -3.02. The van der Waals surface area contributed by atoms with E-state index in [2.05, 4.69) is 5.32 Å². The van der Waals surface area contributed by atoms with Crippen LogP contribution in [0.1, 0.15) is 54.4 Å². The van der Waals surface area contributed by atoms with Crippen molar-refractivity contribution in [1.82, 2.24) is 10.2 Å². The van der Waals surface area contributed by atoms with Crippen molar-refractivity contribution in [2.75, 3.05) is 6.61 Å². The monoisotopic (exact) mass is 566 g/mol. The topological polar surface area (TPSA) is 58.6 Å². The van der Waals surface area contributed by atoms with E-state index >= 15 is 0 Å². The second kappa shape index (κ2) is 13.9. The van der Waals surface area contributed by atoms with Crippen LogP contribution in [0.25, 0.3) is 0 Å². The van der Waals surface area contributed by atoms with Gasteiger partial charge in [-0.25, -0.2) is 0 Å². The Morgan fingerprint density at radius 3 is 2.38 bits per heavy atom. The SMILES string of the molecule is Cc1ccc(OCC(=O)N(Cc2ccc(Cl)cc2Cl)[C@H](Cc2ccccc2)C(=O)NC2CCCCC2)cc1C. The second-order valence-electron chi connectivity index (χ2n) is 10.3. The number of benzene rings is 3. The molecule has 5 nitrogen and oxygen atoms in total. The van der Waals surface area contributed by atoms with Gasteiger partial charge in [0.2, 0.25) is 5.91 Å². The van der Waals surface area contributed by atoms with Gasteiger partial charge in [-0.05, 0) is 73.2 Å². The lowest BCUT2D eigenvalue weighted by Crippen LogP contribution is -2.53. The Morgan fingerprint density at radius 2 is 1.69 bits per heavy atom. The van der Waals surface area contributed by atoms with Gasteiger partial charge in [-0.3, -0.25) is 9.59 Å². The molecule has 1 atom stereocenters. The smallest absolute Gasteiger partial charge is 0.261 e. The van der Waals surface area contributed by atoms with Crippen molar-refractivity contribution in [1.29, 1.82) is 0 Å². The minimum atomic E-state index is -0.739. The molecule has 0 radical (unpaired) electrons. The third-order valence-electron chi connectivity index (χ3n) is 7.42. The first kappa shape index (κ1) is 29.0. The Kier molecular flexibility index (Phi) is 10.3. The first-order valence-electron chi connectivity index (χ1n) is 13.6. The average molecular weight is 568 g/mol. The van der Waals surface area contributed by atoms with E-state index in [1.54, 1.807) is 23.1 Å².